The number of ether oxygens (including phenoxy) is 2. The summed E-state index contributed by atoms with van der Waals surface area (Å²) in [5.74, 6) is -0.369. The van der Waals surface area contributed by atoms with E-state index in [1.165, 1.54) is 10.9 Å². The number of halogens is 1. The second kappa shape index (κ2) is 9.76. The van der Waals surface area contributed by atoms with Crippen molar-refractivity contribution in [2.45, 2.75) is 65.2 Å². The molecule has 1 unspecified atom stereocenters. The number of aromatic nitrogens is 3. The molecule has 1 saturated heterocycles. The van der Waals surface area contributed by atoms with Gasteiger partial charge >= 0.3 is 6.09 Å². The monoisotopic (exact) mass is 488 g/mol. The maximum Gasteiger partial charge on any atom is 0.414 e. The molecule has 34 heavy (non-hydrogen) atoms. The summed E-state index contributed by atoms with van der Waals surface area (Å²) in [7, 11) is 1.73. The predicted molar refractivity (Wildman–Crippen MR) is 128 cm³/mol. The Labute approximate surface area is 203 Å². The van der Waals surface area contributed by atoms with Crippen molar-refractivity contribution in [1.29, 1.82) is 0 Å². The molecule has 4 rings (SSSR count). The molecule has 9 nitrogen and oxygen atoms in total. The van der Waals surface area contributed by atoms with Crippen LogP contribution in [0.5, 0.6) is 0 Å². The molecule has 0 aliphatic carbocycles. The number of anilines is 1. The van der Waals surface area contributed by atoms with Gasteiger partial charge in [-0.25, -0.2) is 9.78 Å². The van der Waals surface area contributed by atoms with E-state index in [4.69, 9.17) is 25.5 Å². The van der Waals surface area contributed by atoms with E-state index in [-0.39, 0.29) is 35.8 Å². The summed E-state index contributed by atoms with van der Waals surface area (Å²) in [6.07, 6.45) is 4.43. The highest BCUT2D eigenvalue weighted by Crippen LogP contribution is 2.41. The van der Waals surface area contributed by atoms with Crippen LogP contribution < -0.4 is 4.90 Å². The first-order valence-corrected chi connectivity index (χ1v) is 11.9. The van der Waals surface area contributed by atoms with Gasteiger partial charge in [-0.1, -0.05) is 18.5 Å². The van der Waals surface area contributed by atoms with E-state index < -0.39 is 11.9 Å². The van der Waals surface area contributed by atoms with E-state index in [9.17, 15) is 9.59 Å². The number of hydrogen-bond donors (Lipinski definition) is 0. The number of rotatable bonds is 6. The minimum Gasteiger partial charge on any atom is -0.449 e. The van der Waals surface area contributed by atoms with Gasteiger partial charge in [-0.05, 0) is 46.1 Å². The van der Waals surface area contributed by atoms with E-state index in [1.54, 1.807) is 38.1 Å². The van der Waals surface area contributed by atoms with Crippen molar-refractivity contribution in [2.75, 3.05) is 11.5 Å². The highest BCUT2D eigenvalue weighted by atomic mass is 35.5. The lowest BCUT2D eigenvalue weighted by atomic mass is 9.95. The molecule has 3 aromatic heterocycles. The Hall–Kier alpha value is -2.91. The van der Waals surface area contributed by atoms with Gasteiger partial charge in [0.2, 0.25) is 5.78 Å². The molecular formula is C24H29ClN4O5. The number of carbonyl (C=O) groups is 2. The average Bonchev–Trinajstić information content (AvgIpc) is 3.38. The van der Waals surface area contributed by atoms with Crippen LogP contribution in [0.25, 0.3) is 11.0 Å². The van der Waals surface area contributed by atoms with Crippen molar-refractivity contribution in [3.63, 3.8) is 0 Å². The van der Waals surface area contributed by atoms with Crippen molar-refractivity contribution in [3.8, 4) is 0 Å². The summed E-state index contributed by atoms with van der Waals surface area (Å²) in [5, 5.41) is 4.88. The molecule has 4 heterocycles. The maximum atomic E-state index is 13.6. The van der Waals surface area contributed by atoms with Crippen molar-refractivity contribution < 1.29 is 23.5 Å². The molecule has 0 spiro atoms. The van der Waals surface area contributed by atoms with Crippen LogP contribution in [0.3, 0.4) is 0 Å². The molecule has 1 aliphatic heterocycles. The molecule has 0 aromatic carbocycles. The molecule has 0 bridgehead atoms. The SMILES string of the molecule is CCOC(=O)N(c1c(C(=O)c2cnn(C)c2)oc2c(C)nc(Cl)cc12)[C@@H]1CC(CC)O[C@H](C)C1. The van der Waals surface area contributed by atoms with Gasteiger partial charge in [-0.3, -0.25) is 14.4 Å². The van der Waals surface area contributed by atoms with E-state index in [0.29, 0.717) is 40.8 Å². The molecule has 1 aliphatic rings. The number of pyridine rings is 1. The minimum absolute atomic E-state index is 0.0201. The van der Waals surface area contributed by atoms with Gasteiger partial charge in [-0.15, -0.1) is 0 Å². The predicted octanol–water partition coefficient (Wildman–Crippen LogP) is 5.06. The highest BCUT2D eigenvalue weighted by molar-refractivity contribution is 6.30. The third-order valence-corrected chi connectivity index (χ3v) is 6.24. The lowest BCUT2D eigenvalue weighted by Crippen LogP contribution is -2.48. The van der Waals surface area contributed by atoms with Gasteiger partial charge < -0.3 is 13.9 Å². The largest absolute Gasteiger partial charge is 0.449 e. The Bertz CT molecular complexity index is 1220. The van der Waals surface area contributed by atoms with Crippen LogP contribution in [0.1, 0.15) is 61.8 Å². The maximum absolute atomic E-state index is 13.6. The van der Waals surface area contributed by atoms with Crippen LogP contribution in [0.2, 0.25) is 5.15 Å². The second-order valence-corrected chi connectivity index (χ2v) is 8.98. The summed E-state index contributed by atoms with van der Waals surface area (Å²) in [6, 6.07) is 1.36. The summed E-state index contributed by atoms with van der Waals surface area (Å²) in [5.41, 5.74) is 1.59. The van der Waals surface area contributed by atoms with Gasteiger partial charge in [0.1, 0.15) is 10.8 Å². The van der Waals surface area contributed by atoms with Gasteiger partial charge in [0, 0.05) is 19.3 Å². The van der Waals surface area contributed by atoms with Crippen molar-refractivity contribution in [3.05, 3.63) is 40.6 Å². The molecule has 1 fully saturated rings. The topological polar surface area (TPSA) is 99.7 Å². The van der Waals surface area contributed by atoms with Crippen molar-refractivity contribution >= 4 is 40.1 Å². The Morgan fingerprint density at radius 3 is 2.74 bits per heavy atom. The summed E-state index contributed by atoms with van der Waals surface area (Å²) >= 11 is 6.30. The normalized spacial score (nSPS) is 20.5. The fourth-order valence-corrected chi connectivity index (χ4v) is 4.81. The average molecular weight is 489 g/mol. The van der Waals surface area contributed by atoms with Crippen LogP contribution in [-0.2, 0) is 16.5 Å². The molecule has 3 atom stereocenters. The number of hydrogen-bond acceptors (Lipinski definition) is 7. The lowest BCUT2D eigenvalue weighted by molar-refractivity contribution is -0.0485. The summed E-state index contributed by atoms with van der Waals surface area (Å²) < 4.78 is 19.1. The van der Waals surface area contributed by atoms with Crippen LogP contribution in [0, 0.1) is 6.92 Å². The first-order valence-electron chi connectivity index (χ1n) is 11.5. The Morgan fingerprint density at radius 1 is 1.32 bits per heavy atom. The van der Waals surface area contributed by atoms with Gasteiger partial charge in [0.25, 0.3) is 0 Å². The number of ketones is 1. The zero-order valence-corrected chi connectivity index (χ0v) is 20.8. The number of nitrogens with zero attached hydrogens (tertiary/aromatic N) is 4. The zero-order valence-electron chi connectivity index (χ0n) is 20.0. The molecule has 1 amide bonds. The number of aryl methyl sites for hydroxylation is 2. The third kappa shape index (κ3) is 4.54. The fraction of sp³-hybridized carbons (Fsp3) is 0.500. The second-order valence-electron chi connectivity index (χ2n) is 8.59. The zero-order chi connectivity index (χ0) is 24.6. The fourth-order valence-electron chi connectivity index (χ4n) is 4.58. The highest BCUT2D eigenvalue weighted by Gasteiger charge is 2.39. The first kappa shape index (κ1) is 24.2. The van der Waals surface area contributed by atoms with Gasteiger partial charge in [0.05, 0.1) is 41.7 Å². The third-order valence-electron chi connectivity index (χ3n) is 6.05. The molecule has 10 heteroatoms. The number of fused-ring (bicyclic) bond motifs is 1. The lowest BCUT2D eigenvalue weighted by Gasteiger charge is -2.39. The number of amides is 1. The van der Waals surface area contributed by atoms with E-state index >= 15 is 0 Å². The minimum atomic E-state index is -0.551. The molecule has 182 valence electrons. The quantitative estimate of drug-likeness (QED) is 0.353. The number of furan rings is 1. The van der Waals surface area contributed by atoms with Crippen LogP contribution >= 0.6 is 11.6 Å². The molecule has 0 N–H and O–H groups in total. The van der Waals surface area contributed by atoms with Crippen LogP contribution in [0.4, 0.5) is 10.5 Å². The van der Waals surface area contributed by atoms with Crippen molar-refractivity contribution in [1.82, 2.24) is 14.8 Å². The number of carbonyl (C=O) groups excluding carboxylic acids is 2. The molecule has 0 saturated carbocycles. The van der Waals surface area contributed by atoms with Crippen molar-refractivity contribution in [2.24, 2.45) is 7.05 Å². The molecule has 3 aromatic rings. The standard InChI is InChI=1S/C24H29ClN4O5/c1-6-17-9-16(8-13(3)33-17)29(24(31)32-7-2)20-18-10-19(25)27-14(4)22(18)34-23(20)21(30)15-11-26-28(5)12-15/h10-13,16-17H,6-9H2,1-5H3/t13-,16+,17?/m1/s1. The first-order chi connectivity index (χ1) is 16.2. The van der Waals surface area contributed by atoms with Gasteiger partial charge in [-0.2, -0.15) is 5.10 Å². The summed E-state index contributed by atoms with van der Waals surface area (Å²) in [4.78, 5) is 32.8. The van der Waals surface area contributed by atoms with Crippen LogP contribution in [0.15, 0.2) is 22.9 Å². The Balaban J connectivity index is 1.95. The Morgan fingerprint density at radius 2 is 2.09 bits per heavy atom. The smallest absolute Gasteiger partial charge is 0.414 e. The van der Waals surface area contributed by atoms with Gasteiger partial charge in [0.15, 0.2) is 11.3 Å². The Kier molecular flexibility index (Phi) is 6.95. The van der Waals surface area contributed by atoms with Crippen LogP contribution in [-0.4, -0.2) is 51.5 Å². The molecule has 0 radical (unpaired) electrons. The van der Waals surface area contributed by atoms with E-state index in [1.807, 2.05) is 13.8 Å². The molecular weight excluding hydrogens is 460 g/mol. The van der Waals surface area contributed by atoms with E-state index in [0.717, 1.165) is 6.42 Å². The van der Waals surface area contributed by atoms with E-state index in [2.05, 4.69) is 10.1 Å². The summed E-state index contributed by atoms with van der Waals surface area (Å²) in [6.45, 7) is 7.72.